The lowest BCUT2D eigenvalue weighted by Gasteiger charge is -2.14. The fourth-order valence-corrected chi connectivity index (χ4v) is 7.09. The van der Waals surface area contributed by atoms with Crippen LogP contribution >= 0.6 is 34.4 Å². The van der Waals surface area contributed by atoms with Gasteiger partial charge in [-0.05, 0) is 85.1 Å². The molecule has 1 unspecified atom stereocenters. The normalized spacial score (nSPS) is 11.8. The Morgan fingerprint density at radius 2 is 1.69 bits per heavy atom. The van der Waals surface area contributed by atoms with Crippen molar-refractivity contribution < 1.29 is 23.9 Å². The number of benzene rings is 3. The van der Waals surface area contributed by atoms with Crippen molar-refractivity contribution in [3.8, 4) is 11.1 Å². The van der Waals surface area contributed by atoms with Crippen molar-refractivity contribution in [1.29, 1.82) is 0 Å². The van der Waals surface area contributed by atoms with Crippen LogP contribution in [0.15, 0.2) is 112 Å². The Balaban J connectivity index is 1.28. The number of rotatable bonds is 12. The lowest BCUT2D eigenvalue weighted by Crippen LogP contribution is -2.30. The molecule has 0 saturated heterocycles. The first kappa shape index (κ1) is 34.4. The molecule has 0 aliphatic carbocycles. The van der Waals surface area contributed by atoms with Gasteiger partial charge in [-0.2, -0.15) is 11.3 Å². The fourth-order valence-electron chi connectivity index (χ4n) is 4.58. The lowest BCUT2D eigenvalue weighted by molar-refractivity contribution is -0.115. The number of hydrogen-bond donors (Lipinski definition) is 3. The minimum absolute atomic E-state index is 0.0893. The molecule has 0 aliphatic heterocycles. The molecule has 0 saturated carbocycles. The van der Waals surface area contributed by atoms with Gasteiger partial charge in [-0.25, -0.2) is 4.79 Å². The van der Waals surface area contributed by atoms with E-state index in [0.717, 1.165) is 21.6 Å². The molecule has 244 valence electrons. The molecule has 48 heavy (non-hydrogen) atoms. The summed E-state index contributed by atoms with van der Waals surface area (Å²) < 4.78 is 5.33. The molecule has 0 radical (unpaired) electrons. The van der Waals surface area contributed by atoms with Gasteiger partial charge in [0.25, 0.3) is 11.8 Å². The number of thioether (sulfide) groups is 1. The Hall–Kier alpha value is -4.97. The van der Waals surface area contributed by atoms with Crippen molar-refractivity contribution in [2.24, 2.45) is 0 Å². The first-order valence-corrected chi connectivity index (χ1v) is 17.8. The van der Waals surface area contributed by atoms with Gasteiger partial charge in [0.05, 0.1) is 11.9 Å². The third-order valence-corrected chi connectivity index (χ3v) is 9.72. The summed E-state index contributed by atoms with van der Waals surface area (Å²) in [5.41, 5.74) is 4.77. The number of hydrogen-bond acceptors (Lipinski definition) is 8. The molecular formula is C37H33N3O5S3. The van der Waals surface area contributed by atoms with Crippen molar-refractivity contribution in [3.63, 3.8) is 0 Å². The molecule has 3 N–H and O–H groups in total. The number of esters is 1. The number of carbonyl (C=O) groups is 4. The smallest absolute Gasteiger partial charge is 0.341 e. The van der Waals surface area contributed by atoms with E-state index in [-0.39, 0.29) is 18.2 Å². The number of carbonyl (C=O) groups excluding carboxylic acids is 4. The summed E-state index contributed by atoms with van der Waals surface area (Å²) in [6.45, 7) is 5.71. The maximum atomic E-state index is 13.4. The third-order valence-electron chi connectivity index (χ3n) is 7.03. The Bertz CT molecular complexity index is 1930. The Morgan fingerprint density at radius 1 is 0.917 bits per heavy atom. The summed E-state index contributed by atoms with van der Waals surface area (Å²) in [6, 6.07) is 25.4. The Kier molecular flexibility index (Phi) is 11.6. The molecule has 5 aromatic rings. The van der Waals surface area contributed by atoms with Crippen LogP contribution in [0, 0.1) is 6.92 Å². The largest absolute Gasteiger partial charge is 0.462 e. The Labute approximate surface area is 291 Å². The predicted molar refractivity (Wildman–Crippen MR) is 196 cm³/mol. The summed E-state index contributed by atoms with van der Waals surface area (Å²) in [4.78, 5) is 53.4. The van der Waals surface area contributed by atoms with Gasteiger partial charge in [-0.3, -0.25) is 14.4 Å². The summed E-state index contributed by atoms with van der Waals surface area (Å²) in [7, 11) is 0. The van der Waals surface area contributed by atoms with Crippen LogP contribution in [0.4, 0.5) is 10.7 Å². The zero-order chi connectivity index (χ0) is 34.0. The topological polar surface area (TPSA) is 114 Å². The van der Waals surface area contributed by atoms with Gasteiger partial charge in [-0.1, -0.05) is 54.1 Å². The number of nitrogens with one attached hydrogen (secondary N) is 3. The van der Waals surface area contributed by atoms with Crippen LogP contribution in [-0.2, 0) is 14.3 Å². The summed E-state index contributed by atoms with van der Waals surface area (Å²) in [5, 5.41) is 14.0. The molecule has 2 heterocycles. The van der Waals surface area contributed by atoms with Gasteiger partial charge in [0, 0.05) is 27.1 Å². The van der Waals surface area contributed by atoms with Gasteiger partial charge in [0.2, 0.25) is 5.91 Å². The third kappa shape index (κ3) is 8.88. The highest BCUT2D eigenvalue weighted by Gasteiger charge is 2.25. The lowest BCUT2D eigenvalue weighted by atomic mass is 10.0. The number of amides is 3. The molecule has 0 spiro atoms. The average Bonchev–Trinajstić information content (AvgIpc) is 3.75. The van der Waals surface area contributed by atoms with Crippen LogP contribution in [-0.4, -0.2) is 35.5 Å². The van der Waals surface area contributed by atoms with Gasteiger partial charge in [-0.15, -0.1) is 23.1 Å². The molecule has 3 aromatic carbocycles. The summed E-state index contributed by atoms with van der Waals surface area (Å²) in [5.74, 6) is -1.69. The molecule has 3 amide bonds. The van der Waals surface area contributed by atoms with E-state index in [1.807, 2.05) is 65.5 Å². The number of anilines is 2. The molecule has 11 heteroatoms. The van der Waals surface area contributed by atoms with Crippen molar-refractivity contribution in [2.45, 2.75) is 30.9 Å². The van der Waals surface area contributed by atoms with Crippen LogP contribution in [0.1, 0.15) is 45.7 Å². The van der Waals surface area contributed by atoms with Crippen molar-refractivity contribution in [3.05, 3.63) is 129 Å². The first-order valence-electron chi connectivity index (χ1n) is 15.1. The van der Waals surface area contributed by atoms with Crippen molar-refractivity contribution in [2.75, 3.05) is 17.2 Å². The second-order valence-electron chi connectivity index (χ2n) is 10.6. The quantitative estimate of drug-likeness (QED) is 0.0686. The molecule has 5 rings (SSSR count). The van der Waals surface area contributed by atoms with Crippen LogP contribution in [0.25, 0.3) is 17.2 Å². The maximum absolute atomic E-state index is 13.4. The summed E-state index contributed by atoms with van der Waals surface area (Å²) in [6.07, 6.45) is 1.62. The number of thiophene rings is 2. The second kappa shape index (κ2) is 16.2. The molecule has 2 aromatic heterocycles. The predicted octanol–water partition coefficient (Wildman–Crippen LogP) is 8.49. The van der Waals surface area contributed by atoms with Crippen LogP contribution in [0.5, 0.6) is 0 Å². The van der Waals surface area contributed by atoms with Gasteiger partial charge >= 0.3 is 5.97 Å². The standard InChI is InChI=1S/C37H33N3O5S3/c1-4-45-37(44)32-30(26-15-13-23(2)14-16-26)22-47-36(32)40-33(41)24(3)48-29-12-8-11-28(20-29)38-35(43)31(19-25-17-18-46-21-25)39-34(42)27-9-6-5-7-10-27/h5-22,24H,4H2,1-3H3,(H,38,43)(H,39,42)(H,40,41)/b31-19-. The number of aryl methyl sites for hydroxylation is 1. The van der Waals surface area contributed by atoms with Crippen LogP contribution in [0.2, 0.25) is 0 Å². The maximum Gasteiger partial charge on any atom is 0.341 e. The van der Waals surface area contributed by atoms with E-state index in [9.17, 15) is 19.2 Å². The van der Waals surface area contributed by atoms with Gasteiger partial charge in [0.15, 0.2) is 0 Å². The molecule has 8 nitrogen and oxygen atoms in total. The zero-order valence-electron chi connectivity index (χ0n) is 26.4. The molecular weight excluding hydrogens is 663 g/mol. The van der Waals surface area contributed by atoms with E-state index >= 15 is 0 Å². The minimum Gasteiger partial charge on any atom is -0.462 e. The van der Waals surface area contributed by atoms with Crippen LogP contribution in [0.3, 0.4) is 0 Å². The zero-order valence-corrected chi connectivity index (χ0v) is 28.9. The van der Waals surface area contributed by atoms with E-state index in [2.05, 4.69) is 16.0 Å². The average molecular weight is 696 g/mol. The SMILES string of the molecule is CCOC(=O)c1c(-c2ccc(C)cc2)csc1NC(=O)C(C)Sc1cccc(NC(=O)/C(=C/c2ccsc2)NC(=O)c2ccccc2)c1. The first-order chi connectivity index (χ1) is 23.2. The highest BCUT2D eigenvalue weighted by atomic mass is 32.2. The van der Waals surface area contributed by atoms with Crippen molar-refractivity contribution >= 4 is 74.9 Å². The van der Waals surface area contributed by atoms with Crippen LogP contribution < -0.4 is 16.0 Å². The summed E-state index contributed by atoms with van der Waals surface area (Å²) >= 11 is 4.06. The van der Waals surface area contributed by atoms with E-state index in [1.54, 1.807) is 62.4 Å². The highest BCUT2D eigenvalue weighted by Crippen LogP contribution is 2.37. The van der Waals surface area contributed by atoms with E-state index in [0.29, 0.717) is 27.4 Å². The van der Waals surface area contributed by atoms with Crippen molar-refractivity contribution in [1.82, 2.24) is 5.32 Å². The minimum atomic E-state index is -0.546. The second-order valence-corrected chi connectivity index (χ2v) is 13.7. The Morgan fingerprint density at radius 3 is 2.40 bits per heavy atom. The van der Waals surface area contributed by atoms with Gasteiger partial charge < -0.3 is 20.7 Å². The highest BCUT2D eigenvalue weighted by molar-refractivity contribution is 8.00. The van der Waals surface area contributed by atoms with E-state index in [1.165, 1.54) is 34.4 Å². The van der Waals surface area contributed by atoms with Gasteiger partial charge in [0.1, 0.15) is 16.3 Å². The monoisotopic (exact) mass is 695 g/mol. The molecule has 0 fully saturated rings. The molecule has 1 atom stereocenters. The van der Waals surface area contributed by atoms with E-state index < -0.39 is 23.0 Å². The van der Waals surface area contributed by atoms with E-state index in [4.69, 9.17) is 4.74 Å². The molecule has 0 aliphatic rings. The molecule has 0 bridgehead atoms. The number of ether oxygens (including phenoxy) is 1. The fraction of sp³-hybridized carbons (Fsp3) is 0.135.